The van der Waals surface area contributed by atoms with E-state index in [1.165, 1.54) is 11.0 Å². The van der Waals surface area contributed by atoms with Gasteiger partial charge in [-0.15, -0.1) is 0 Å². The fraction of sp³-hybridized carbons (Fsp3) is 0.800. The topological polar surface area (TPSA) is 91.8 Å². The lowest BCUT2D eigenvalue weighted by atomic mass is 9.81. The highest BCUT2D eigenvalue weighted by molar-refractivity contribution is 6.67. The van der Waals surface area contributed by atoms with Crippen molar-refractivity contribution < 1.29 is 29.2 Å². The van der Waals surface area contributed by atoms with Crippen LogP contribution >= 0.6 is 34.8 Å². The van der Waals surface area contributed by atoms with Crippen molar-refractivity contribution in [2.24, 2.45) is 0 Å². The Morgan fingerprint density at radius 2 is 2.08 bits per heavy atom. The van der Waals surface area contributed by atoms with Gasteiger partial charge in [0, 0.05) is 6.42 Å². The van der Waals surface area contributed by atoms with Gasteiger partial charge in [0.1, 0.15) is 36.2 Å². The molecule has 25 heavy (non-hydrogen) atoms. The van der Waals surface area contributed by atoms with Crippen LogP contribution in [0.5, 0.6) is 0 Å². The van der Waals surface area contributed by atoms with Crippen LogP contribution in [-0.4, -0.2) is 73.9 Å². The number of hydrogen-bond donors (Lipinski definition) is 2. The molecular formula is C15H20Cl3NO6. The second kappa shape index (κ2) is 6.41. The number of hydrogen-bond acceptors (Lipinski definition) is 6. The zero-order chi connectivity index (χ0) is 18.6. The van der Waals surface area contributed by atoms with Gasteiger partial charge in [0.2, 0.25) is 3.79 Å². The van der Waals surface area contributed by atoms with Crippen LogP contribution in [0.15, 0.2) is 12.2 Å². The molecule has 1 aliphatic carbocycles. The Balaban J connectivity index is 1.74. The molecule has 0 aromatic carbocycles. The predicted octanol–water partition coefficient (Wildman–Crippen LogP) is 1.75. The summed E-state index contributed by atoms with van der Waals surface area (Å²) in [6.45, 7) is 3.15. The summed E-state index contributed by atoms with van der Waals surface area (Å²) >= 11 is 16.9. The van der Waals surface area contributed by atoms with Crippen LogP contribution < -0.4 is 0 Å². The minimum Gasteiger partial charge on any atom is -0.445 e. The Morgan fingerprint density at radius 1 is 1.40 bits per heavy atom. The maximum absolute atomic E-state index is 12.5. The summed E-state index contributed by atoms with van der Waals surface area (Å²) in [6, 6.07) is -0.533. The first kappa shape index (κ1) is 19.5. The number of aliphatic hydroxyl groups excluding tert-OH is 1. The fourth-order valence-electron chi connectivity index (χ4n) is 3.45. The number of ether oxygens (including phenoxy) is 3. The largest absolute Gasteiger partial charge is 0.445 e. The normalized spacial score (nSPS) is 39.2. The minimum absolute atomic E-state index is 0.0615. The van der Waals surface area contributed by atoms with Crippen LogP contribution in [0.1, 0.15) is 20.3 Å². The molecule has 0 unspecified atom stereocenters. The molecule has 0 aromatic rings. The molecule has 0 aromatic heterocycles. The van der Waals surface area contributed by atoms with E-state index in [-0.39, 0.29) is 19.1 Å². The van der Waals surface area contributed by atoms with Gasteiger partial charge in [-0.1, -0.05) is 47.0 Å². The van der Waals surface area contributed by atoms with E-state index in [1.807, 2.05) is 0 Å². The zero-order valence-corrected chi connectivity index (χ0v) is 16.0. The van der Waals surface area contributed by atoms with Crippen molar-refractivity contribution in [1.82, 2.24) is 4.90 Å². The third kappa shape index (κ3) is 3.88. The van der Waals surface area contributed by atoms with Gasteiger partial charge in [0.05, 0.1) is 12.6 Å². The lowest BCUT2D eigenvalue weighted by molar-refractivity contribution is -0.0909. The summed E-state index contributed by atoms with van der Waals surface area (Å²) in [4.78, 5) is 13.8. The Labute approximate surface area is 160 Å². The zero-order valence-electron chi connectivity index (χ0n) is 13.7. The Kier molecular flexibility index (Phi) is 4.99. The first-order chi connectivity index (χ1) is 11.4. The van der Waals surface area contributed by atoms with Crippen molar-refractivity contribution in [3.63, 3.8) is 0 Å². The highest BCUT2D eigenvalue weighted by atomic mass is 35.6. The summed E-state index contributed by atoms with van der Waals surface area (Å²) in [5, 5.41) is 21.1. The van der Waals surface area contributed by atoms with E-state index >= 15 is 0 Å². The summed E-state index contributed by atoms with van der Waals surface area (Å²) < 4.78 is 14.4. The number of amides is 1. The van der Waals surface area contributed by atoms with Crippen LogP contribution in [-0.2, 0) is 14.2 Å². The van der Waals surface area contributed by atoms with E-state index in [1.54, 1.807) is 19.9 Å². The van der Waals surface area contributed by atoms with Crippen LogP contribution in [0.2, 0.25) is 0 Å². The Morgan fingerprint density at radius 3 is 2.72 bits per heavy atom. The maximum Gasteiger partial charge on any atom is 0.412 e. The van der Waals surface area contributed by atoms with E-state index in [0.29, 0.717) is 0 Å². The number of epoxide rings is 1. The van der Waals surface area contributed by atoms with Crippen LogP contribution in [0, 0.1) is 0 Å². The van der Waals surface area contributed by atoms with E-state index in [0.717, 1.165) is 0 Å². The Bertz CT molecular complexity index is 580. The van der Waals surface area contributed by atoms with E-state index in [2.05, 4.69) is 0 Å². The van der Waals surface area contributed by atoms with Crippen molar-refractivity contribution in [3.8, 4) is 0 Å². The average Bonchev–Trinajstić information content (AvgIpc) is 3.21. The highest BCUT2D eigenvalue weighted by Crippen LogP contribution is 2.44. The predicted molar refractivity (Wildman–Crippen MR) is 90.7 cm³/mol. The first-order valence-electron chi connectivity index (χ1n) is 7.85. The molecule has 10 heteroatoms. The molecule has 2 aliphatic heterocycles. The highest BCUT2D eigenvalue weighted by Gasteiger charge is 2.61. The lowest BCUT2D eigenvalue weighted by Crippen LogP contribution is -2.56. The third-order valence-corrected chi connectivity index (χ3v) is 5.03. The lowest BCUT2D eigenvalue weighted by Gasteiger charge is -2.38. The minimum atomic E-state index is -1.73. The molecule has 2 N–H and O–H groups in total. The van der Waals surface area contributed by atoms with Gasteiger partial charge < -0.3 is 24.4 Å². The summed E-state index contributed by atoms with van der Waals surface area (Å²) in [5.74, 6) is 0. The van der Waals surface area contributed by atoms with Crippen LogP contribution in [0.25, 0.3) is 0 Å². The maximum atomic E-state index is 12.5. The first-order valence-corrected chi connectivity index (χ1v) is 8.98. The second-order valence-electron chi connectivity index (χ2n) is 7.00. The van der Waals surface area contributed by atoms with Gasteiger partial charge in [-0.05, 0) is 13.8 Å². The number of nitrogens with zero attached hydrogens (tertiary/aromatic N) is 1. The van der Waals surface area contributed by atoms with Crippen molar-refractivity contribution in [1.29, 1.82) is 0 Å². The quantitative estimate of drug-likeness (QED) is 0.414. The molecule has 7 nitrogen and oxygen atoms in total. The van der Waals surface area contributed by atoms with Gasteiger partial charge in [0.15, 0.2) is 0 Å². The van der Waals surface area contributed by atoms with Gasteiger partial charge in [-0.2, -0.15) is 0 Å². The molecule has 0 radical (unpaired) electrons. The monoisotopic (exact) mass is 415 g/mol. The molecule has 2 fully saturated rings. The second-order valence-corrected chi connectivity index (χ2v) is 9.51. The number of carbonyl (C=O) groups is 1. The molecule has 3 aliphatic rings. The molecule has 0 spiro atoms. The molecular weight excluding hydrogens is 397 g/mol. The van der Waals surface area contributed by atoms with Gasteiger partial charge in [-0.25, -0.2) is 4.79 Å². The van der Waals surface area contributed by atoms with E-state index in [4.69, 9.17) is 49.0 Å². The van der Waals surface area contributed by atoms with E-state index < -0.39 is 46.1 Å². The fourth-order valence-corrected chi connectivity index (χ4v) is 3.62. The number of fused-ring (bicyclic) bond motifs is 1. The molecule has 1 amide bonds. The van der Waals surface area contributed by atoms with Crippen molar-refractivity contribution >= 4 is 40.9 Å². The standard InChI is InChI=1S/C15H20Cl3NO6/c1-13(2)19(12(21)23-7-15(16,17)18)8(6-24-13)5-14(22)10(20)4-3-9-11(14)25-9/h3-4,8-11,20,22H,5-7H2,1-2H3/t8-,9-,10+,11-,14+/m0/s1. The number of alkyl halides is 3. The Hall–Kier alpha value is -0.280. The molecule has 2 saturated heterocycles. The number of aliphatic hydroxyl groups is 2. The number of rotatable bonds is 3. The number of carbonyl (C=O) groups excluding carboxylic acids is 1. The molecule has 2 heterocycles. The summed E-state index contributed by atoms with van der Waals surface area (Å²) in [6.07, 6.45) is 0.734. The molecule has 0 saturated carbocycles. The van der Waals surface area contributed by atoms with Crippen LogP contribution in [0.4, 0.5) is 4.79 Å². The average molecular weight is 417 g/mol. The van der Waals surface area contributed by atoms with E-state index in [9.17, 15) is 15.0 Å². The SMILES string of the molecule is CC1(C)OC[C@H](C[C@@]2(O)[C@H](O)C=C[C@@H]3O[C@@H]32)N1C(=O)OCC(Cl)(Cl)Cl. The van der Waals surface area contributed by atoms with Gasteiger partial charge >= 0.3 is 6.09 Å². The number of halogens is 3. The van der Waals surface area contributed by atoms with Gasteiger partial charge in [-0.3, -0.25) is 4.90 Å². The smallest absolute Gasteiger partial charge is 0.412 e. The summed E-state index contributed by atoms with van der Waals surface area (Å²) in [7, 11) is 0. The van der Waals surface area contributed by atoms with Crippen molar-refractivity contribution in [2.75, 3.05) is 13.2 Å². The third-order valence-electron chi connectivity index (χ3n) is 4.71. The molecule has 3 rings (SSSR count). The molecule has 142 valence electrons. The molecule has 0 bridgehead atoms. The van der Waals surface area contributed by atoms with Crippen molar-refractivity contribution in [3.05, 3.63) is 12.2 Å². The van der Waals surface area contributed by atoms with Gasteiger partial charge in [0.25, 0.3) is 0 Å². The van der Waals surface area contributed by atoms with Crippen molar-refractivity contribution in [2.45, 2.75) is 59.7 Å². The van der Waals surface area contributed by atoms with Crippen LogP contribution in [0.3, 0.4) is 0 Å². The molecule has 5 atom stereocenters. The summed E-state index contributed by atoms with van der Waals surface area (Å²) in [5.41, 5.74) is -2.48.